The summed E-state index contributed by atoms with van der Waals surface area (Å²) in [6.07, 6.45) is 3.87. The number of halogens is 1. The molecule has 3 rings (SSSR count). The first-order valence-electron chi connectivity index (χ1n) is 6.56. The highest BCUT2D eigenvalue weighted by Crippen LogP contribution is 2.39. The number of anilines is 1. The maximum absolute atomic E-state index is 11.0. The summed E-state index contributed by atoms with van der Waals surface area (Å²) in [5.74, 6) is -0.208. The van der Waals surface area contributed by atoms with E-state index in [-0.39, 0.29) is 5.56 Å². The summed E-state index contributed by atoms with van der Waals surface area (Å²) in [6, 6.07) is 5.61. The Morgan fingerprint density at radius 1 is 1.37 bits per heavy atom. The maximum atomic E-state index is 11.0. The number of benzene rings is 1. The van der Waals surface area contributed by atoms with E-state index in [1.807, 2.05) is 12.1 Å². The highest BCUT2D eigenvalue weighted by molar-refractivity contribution is 9.10. The number of hydrogen-bond acceptors (Lipinski definition) is 3. The second-order valence-corrected chi connectivity index (χ2v) is 6.07. The van der Waals surface area contributed by atoms with Gasteiger partial charge in [0, 0.05) is 16.8 Å². The van der Waals surface area contributed by atoms with Gasteiger partial charge in [-0.25, -0.2) is 4.79 Å². The number of carboxylic acid groups (broad SMARTS) is 1. The Kier molecular flexibility index (Phi) is 3.50. The van der Waals surface area contributed by atoms with Crippen molar-refractivity contribution in [3.63, 3.8) is 0 Å². The topological polar surface area (TPSA) is 58.6 Å². The number of rotatable bonds is 4. The normalized spacial score (nSPS) is 26.4. The molecule has 2 unspecified atom stereocenters. The summed E-state index contributed by atoms with van der Waals surface area (Å²) in [4.78, 5) is 11.0. The van der Waals surface area contributed by atoms with Crippen LogP contribution >= 0.6 is 15.9 Å². The van der Waals surface area contributed by atoms with Crippen LogP contribution in [0.25, 0.3) is 0 Å². The molecule has 0 spiro atoms. The first-order valence-corrected chi connectivity index (χ1v) is 7.35. The molecule has 0 bridgehead atoms. The number of aromatic carboxylic acids is 1. The van der Waals surface area contributed by atoms with Crippen LogP contribution in [0.5, 0.6) is 0 Å². The van der Waals surface area contributed by atoms with Crippen LogP contribution in [0.1, 0.15) is 29.6 Å². The zero-order valence-corrected chi connectivity index (χ0v) is 12.0. The Morgan fingerprint density at radius 2 is 2.16 bits per heavy atom. The molecule has 2 fully saturated rings. The van der Waals surface area contributed by atoms with E-state index in [1.54, 1.807) is 6.07 Å². The lowest BCUT2D eigenvalue weighted by Gasteiger charge is -2.21. The Bertz CT molecular complexity index is 501. The molecule has 0 radical (unpaired) electrons. The third-order valence-corrected chi connectivity index (χ3v) is 4.43. The fraction of sp³-hybridized carbons (Fsp3) is 0.500. The summed E-state index contributed by atoms with van der Waals surface area (Å²) < 4.78 is 6.39. The Morgan fingerprint density at radius 3 is 2.79 bits per heavy atom. The number of ether oxygens (including phenoxy) is 1. The fourth-order valence-electron chi connectivity index (χ4n) is 2.65. The molecular formula is C14H16BrNO3. The van der Waals surface area contributed by atoms with Gasteiger partial charge in [0.15, 0.2) is 0 Å². The van der Waals surface area contributed by atoms with Gasteiger partial charge in [-0.05, 0) is 59.3 Å². The van der Waals surface area contributed by atoms with Crippen molar-refractivity contribution in [2.75, 3.05) is 11.9 Å². The second-order valence-electron chi connectivity index (χ2n) is 5.21. The van der Waals surface area contributed by atoms with Gasteiger partial charge in [0.25, 0.3) is 0 Å². The van der Waals surface area contributed by atoms with E-state index in [2.05, 4.69) is 21.2 Å². The van der Waals surface area contributed by atoms with Crippen molar-refractivity contribution in [2.24, 2.45) is 5.92 Å². The van der Waals surface area contributed by atoms with Gasteiger partial charge in [-0.2, -0.15) is 0 Å². The lowest BCUT2D eigenvalue weighted by molar-refractivity contribution is 0.0696. The predicted octanol–water partition coefficient (Wildman–Crippen LogP) is 3.13. The Hall–Kier alpha value is -1.07. The summed E-state index contributed by atoms with van der Waals surface area (Å²) in [5, 5.41) is 12.5. The molecule has 1 aromatic carbocycles. The van der Waals surface area contributed by atoms with Gasteiger partial charge in [0.05, 0.1) is 17.7 Å². The van der Waals surface area contributed by atoms with Crippen molar-refractivity contribution in [2.45, 2.75) is 31.4 Å². The zero-order chi connectivity index (χ0) is 13.4. The van der Waals surface area contributed by atoms with Crippen LogP contribution in [-0.4, -0.2) is 29.8 Å². The van der Waals surface area contributed by atoms with Crippen LogP contribution < -0.4 is 5.32 Å². The van der Waals surface area contributed by atoms with E-state index < -0.39 is 5.97 Å². The first kappa shape index (κ1) is 12.9. The highest BCUT2D eigenvalue weighted by Gasteiger charge is 2.40. The Labute approximate surface area is 120 Å². The molecule has 1 aromatic rings. The van der Waals surface area contributed by atoms with Gasteiger partial charge in [-0.1, -0.05) is 0 Å². The van der Waals surface area contributed by atoms with Crippen molar-refractivity contribution >= 4 is 27.6 Å². The third-order valence-electron chi connectivity index (χ3n) is 3.77. The minimum atomic E-state index is -0.918. The van der Waals surface area contributed by atoms with Gasteiger partial charge < -0.3 is 15.2 Å². The van der Waals surface area contributed by atoms with Gasteiger partial charge >= 0.3 is 5.97 Å². The predicted molar refractivity (Wildman–Crippen MR) is 75.6 cm³/mol. The van der Waals surface area contributed by atoms with E-state index in [1.165, 1.54) is 12.8 Å². The standard InChI is InChI=1S/C14H16BrNO3/c15-11-7-9(3-4-10(11)14(17)18)16-12-5-6-19-13(12)8-1-2-8/h3-4,7-8,12-13,16H,1-2,5-6H2,(H,17,18). The molecule has 0 aromatic heterocycles. The van der Waals surface area contributed by atoms with Gasteiger partial charge in [-0.3, -0.25) is 0 Å². The van der Waals surface area contributed by atoms with Crippen LogP contribution in [0.15, 0.2) is 22.7 Å². The van der Waals surface area contributed by atoms with Crippen molar-refractivity contribution in [3.05, 3.63) is 28.2 Å². The second kappa shape index (κ2) is 5.13. The summed E-state index contributed by atoms with van der Waals surface area (Å²) in [7, 11) is 0. The molecule has 1 aliphatic carbocycles. The minimum absolute atomic E-state index is 0.284. The van der Waals surface area contributed by atoms with E-state index in [9.17, 15) is 4.79 Å². The molecule has 1 aliphatic heterocycles. The SMILES string of the molecule is O=C(O)c1ccc(NC2CCOC2C2CC2)cc1Br. The van der Waals surface area contributed by atoms with Crippen molar-refractivity contribution in [1.29, 1.82) is 0 Å². The van der Waals surface area contributed by atoms with Gasteiger partial charge in [0.2, 0.25) is 0 Å². The molecule has 102 valence electrons. The van der Waals surface area contributed by atoms with Gasteiger partial charge in [-0.15, -0.1) is 0 Å². The number of carbonyl (C=O) groups is 1. The smallest absolute Gasteiger partial charge is 0.336 e. The molecule has 2 aliphatic rings. The molecule has 0 amide bonds. The monoisotopic (exact) mass is 325 g/mol. The van der Waals surface area contributed by atoms with E-state index in [0.29, 0.717) is 22.5 Å². The highest BCUT2D eigenvalue weighted by atomic mass is 79.9. The van der Waals surface area contributed by atoms with E-state index >= 15 is 0 Å². The summed E-state index contributed by atoms with van der Waals surface area (Å²) in [6.45, 7) is 0.813. The quantitative estimate of drug-likeness (QED) is 0.892. The molecule has 19 heavy (non-hydrogen) atoms. The number of nitrogens with one attached hydrogen (secondary N) is 1. The van der Waals surface area contributed by atoms with Crippen molar-refractivity contribution < 1.29 is 14.6 Å². The molecule has 4 nitrogen and oxygen atoms in total. The van der Waals surface area contributed by atoms with Crippen LogP contribution in [0.2, 0.25) is 0 Å². The molecule has 2 atom stereocenters. The van der Waals surface area contributed by atoms with Crippen molar-refractivity contribution in [3.8, 4) is 0 Å². The largest absolute Gasteiger partial charge is 0.478 e. The van der Waals surface area contributed by atoms with E-state index in [0.717, 1.165) is 18.7 Å². The average molecular weight is 326 g/mol. The van der Waals surface area contributed by atoms with E-state index in [4.69, 9.17) is 9.84 Å². The lowest BCUT2D eigenvalue weighted by atomic mass is 10.1. The summed E-state index contributed by atoms with van der Waals surface area (Å²) >= 11 is 3.30. The molecule has 1 saturated heterocycles. The van der Waals surface area contributed by atoms with Gasteiger partial charge in [0.1, 0.15) is 0 Å². The molecule has 5 heteroatoms. The summed E-state index contributed by atoms with van der Waals surface area (Å²) in [5.41, 5.74) is 1.23. The van der Waals surface area contributed by atoms with Crippen molar-refractivity contribution in [1.82, 2.24) is 0 Å². The molecule has 1 heterocycles. The first-order chi connectivity index (χ1) is 9.15. The zero-order valence-electron chi connectivity index (χ0n) is 10.4. The average Bonchev–Trinajstić information content (AvgIpc) is 3.10. The molecule has 2 N–H and O–H groups in total. The molecule has 1 saturated carbocycles. The third kappa shape index (κ3) is 2.77. The van der Waals surface area contributed by atoms with Crippen LogP contribution in [0, 0.1) is 5.92 Å². The number of hydrogen-bond donors (Lipinski definition) is 2. The lowest BCUT2D eigenvalue weighted by Crippen LogP contribution is -2.30. The Balaban J connectivity index is 1.72. The van der Waals surface area contributed by atoms with Crippen LogP contribution in [-0.2, 0) is 4.74 Å². The minimum Gasteiger partial charge on any atom is -0.478 e. The molecular weight excluding hydrogens is 310 g/mol. The van der Waals surface area contributed by atoms with Crippen LogP contribution in [0.3, 0.4) is 0 Å². The maximum Gasteiger partial charge on any atom is 0.336 e. The van der Waals surface area contributed by atoms with Crippen LogP contribution in [0.4, 0.5) is 5.69 Å². The number of carboxylic acids is 1. The fourth-order valence-corrected chi connectivity index (χ4v) is 3.20.